The molecule has 0 aliphatic carbocycles. The minimum absolute atomic E-state index is 0.556. The Bertz CT molecular complexity index is 476. The number of nitrogens with zero attached hydrogens (tertiary/aromatic N) is 2. The van der Waals surface area contributed by atoms with Gasteiger partial charge in [0.1, 0.15) is 10.8 Å². The van der Waals surface area contributed by atoms with E-state index < -0.39 is 0 Å². The van der Waals surface area contributed by atoms with Gasteiger partial charge in [-0.3, -0.25) is 0 Å². The molecular formula is C11H13N3S. The molecule has 1 aromatic heterocycles. The van der Waals surface area contributed by atoms with E-state index in [2.05, 4.69) is 24.2 Å². The van der Waals surface area contributed by atoms with Crippen molar-refractivity contribution in [2.24, 2.45) is 0 Å². The van der Waals surface area contributed by atoms with Gasteiger partial charge in [0, 0.05) is 6.07 Å². The third-order valence-electron chi connectivity index (χ3n) is 2.15. The zero-order chi connectivity index (χ0) is 10.8. The first-order valence-electron chi connectivity index (χ1n) is 4.67. The molecule has 0 bridgehead atoms. The molecule has 0 amide bonds. The quantitative estimate of drug-likeness (QED) is 0.789. The Balaban J connectivity index is 2.53. The van der Waals surface area contributed by atoms with Gasteiger partial charge in [0.2, 0.25) is 0 Å². The number of aromatic nitrogens is 2. The smallest absolute Gasteiger partial charge is 0.147 e. The molecule has 2 rings (SSSR count). The van der Waals surface area contributed by atoms with Crippen LogP contribution < -0.4 is 5.73 Å². The number of aryl methyl sites for hydroxylation is 1. The molecule has 1 aromatic carbocycles. The lowest BCUT2D eigenvalue weighted by atomic mass is 10.2. The Morgan fingerprint density at radius 3 is 2.80 bits per heavy atom. The van der Waals surface area contributed by atoms with Crippen LogP contribution in [0.1, 0.15) is 5.56 Å². The SMILES string of the molecule is CSc1cc(N)nn1-c1cccc(C)c1. The van der Waals surface area contributed by atoms with Gasteiger partial charge in [-0.15, -0.1) is 16.9 Å². The van der Waals surface area contributed by atoms with E-state index in [9.17, 15) is 0 Å². The molecule has 0 aliphatic rings. The first-order chi connectivity index (χ1) is 7.20. The summed E-state index contributed by atoms with van der Waals surface area (Å²) in [6.45, 7) is 2.06. The van der Waals surface area contributed by atoms with E-state index in [1.807, 2.05) is 29.1 Å². The van der Waals surface area contributed by atoms with Gasteiger partial charge in [0.15, 0.2) is 0 Å². The zero-order valence-corrected chi connectivity index (χ0v) is 9.58. The molecule has 78 valence electrons. The van der Waals surface area contributed by atoms with Crippen LogP contribution in [0, 0.1) is 6.92 Å². The van der Waals surface area contributed by atoms with E-state index in [0.29, 0.717) is 5.82 Å². The normalized spacial score (nSPS) is 10.5. The Kier molecular flexibility index (Phi) is 2.68. The lowest BCUT2D eigenvalue weighted by molar-refractivity contribution is 0.807. The van der Waals surface area contributed by atoms with Gasteiger partial charge < -0.3 is 5.73 Å². The summed E-state index contributed by atoms with van der Waals surface area (Å²) < 4.78 is 1.87. The summed E-state index contributed by atoms with van der Waals surface area (Å²) >= 11 is 1.64. The molecule has 1 heterocycles. The maximum Gasteiger partial charge on any atom is 0.147 e. The minimum atomic E-state index is 0.556. The second-order valence-corrected chi connectivity index (χ2v) is 4.19. The Hall–Kier alpha value is -1.42. The van der Waals surface area contributed by atoms with Crippen LogP contribution >= 0.6 is 11.8 Å². The van der Waals surface area contributed by atoms with Gasteiger partial charge in [-0.2, -0.15) is 0 Å². The van der Waals surface area contributed by atoms with E-state index in [1.54, 1.807) is 11.8 Å². The van der Waals surface area contributed by atoms with Crippen molar-refractivity contribution in [3.05, 3.63) is 35.9 Å². The molecule has 0 fully saturated rings. The standard InChI is InChI=1S/C11H13N3S/c1-8-4-3-5-9(6-8)14-11(15-2)7-10(12)13-14/h3-7H,1-2H3,(H2,12,13). The summed E-state index contributed by atoms with van der Waals surface area (Å²) in [5.74, 6) is 0.556. The summed E-state index contributed by atoms with van der Waals surface area (Å²) in [5, 5.41) is 5.32. The van der Waals surface area contributed by atoms with Gasteiger partial charge in [-0.25, -0.2) is 4.68 Å². The Labute approximate surface area is 93.3 Å². The minimum Gasteiger partial charge on any atom is -0.382 e. The number of benzene rings is 1. The highest BCUT2D eigenvalue weighted by molar-refractivity contribution is 7.98. The average Bonchev–Trinajstić information content (AvgIpc) is 2.59. The molecule has 0 unspecified atom stereocenters. The predicted molar refractivity (Wildman–Crippen MR) is 64.5 cm³/mol. The lowest BCUT2D eigenvalue weighted by Crippen LogP contribution is -1.98. The van der Waals surface area contributed by atoms with Crippen molar-refractivity contribution in [2.45, 2.75) is 11.9 Å². The largest absolute Gasteiger partial charge is 0.382 e. The highest BCUT2D eigenvalue weighted by atomic mass is 32.2. The van der Waals surface area contributed by atoms with Crippen LogP contribution in [0.15, 0.2) is 35.4 Å². The van der Waals surface area contributed by atoms with Crippen LogP contribution in [0.4, 0.5) is 5.82 Å². The lowest BCUT2D eigenvalue weighted by Gasteiger charge is -2.05. The molecule has 0 atom stereocenters. The van der Waals surface area contributed by atoms with Crippen molar-refractivity contribution in [1.29, 1.82) is 0 Å². The summed E-state index contributed by atoms with van der Waals surface area (Å²) in [7, 11) is 0. The van der Waals surface area contributed by atoms with E-state index >= 15 is 0 Å². The number of thioether (sulfide) groups is 1. The first kappa shape index (κ1) is 10.1. The van der Waals surface area contributed by atoms with Crippen LogP contribution in [-0.2, 0) is 0 Å². The first-order valence-corrected chi connectivity index (χ1v) is 5.90. The van der Waals surface area contributed by atoms with Crippen molar-refractivity contribution >= 4 is 17.6 Å². The van der Waals surface area contributed by atoms with Crippen LogP contribution in [0.5, 0.6) is 0 Å². The highest BCUT2D eigenvalue weighted by Gasteiger charge is 2.06. The van der Waals surface area contributed by atoms with Crippen LogP contribution in [0.3, 0.4) is 0 Å². The third kappa shape index (κ3) is 1.99. The monoisotopic (exact) mass is 219 g/mol. The molecule has 15 heavy (non-hydrogen) atoms. The molecule has 0 saturated carbocycles. The molecule has 3 nitrogen and oxygen atoms in total. The second kappa shape index (κ2) is 3.98. The molecule has 4 heteroatoms. The summed E-state index contributed by atoms with van der Waals surface area (Å²) in [4.78, 5) is 0. The third-order valence-corrected chi connectivity index (χ3v) is 2.86. The fraction of sp³-hybridized carbons (Fsp3) is 0.182. The average molecular weight is 219 g/mol. The fourth-order valence-electron chi connectivity index (χ4n) is 1.47. The fourth-order valence-corrected chi connectivity index (χ4v) is 2.03. The summed E-state index contributed by atoms with van der Waals surface area (Å²) in [6.07, 6.45) is 2.02. The van der Waals surface area contributed by atoms with Crippen molar-refractivity contribution in [1.82, 2.24) is 9.78 Å². The number of hydrogen-bond acceptors (Lipinski definition) is 3. The Morgan fingerprint density at radius 1 is 1.33 bits per heavy atom. The van der Waals surface area contributed by atoms with Crippen LogP contribution in [-0.4, -0.2) is 16.0 Å². The van der Waals surface area contributed by atoms with E-state index in [4.69, 9.17) is 5.73 Å². The number of hydrogen-bond donors (Lipinski definition) is 1. The highest BCUT2D eigenvalue weighted by Crippen LogP contribution is 2.22. The van der Waals surface area contributed by atoms with Gasteiger partial charge in [0.25, 0.3) is 0 Å². The number of rotatable bonds is 2. The van der Waals surface area contributed by atoms with Crippen LogP contribution in [0.25, 0.3) is 5.69 Å². The van der Waals surface area contributed by atoms with E-state index in [1.165, 1.54) is 5.56 Å². The molecule has 2 N–H and O–H groups in total. The van der Waals surface area contributed by atoms with Gasteiger partial charge in [-0.05, 0) is 30.9 Å². The molecule has 0 radical (unpaired) electrons. The van der Waals surface area contributed by atoms with Gasteiger partial charge in [0.05, 0.1) is 5.69 Å². The molecule has 0 saturated heterocycles. The summed E-state index contributed by atoms with van der Waals surface area (Å²) in [5.41, 5.74) is 7.95. The zero-order valence-electron chi connectivity index (χ0n) is 8.77. The van der Waals surface area contributed by atoms with E-state index in [-0.39, 0.29) is 0 Å². The number of nitrogen functional groups attached to an aromatic ring is 1. The topological polar surface area (TPSA) is 43.8 Å². The maximum absolute atomic E-state index is 5.69. The van der Waals surface area contributed by atoms with Crippen molar-refractivity contribution in [3.8, 4) is 5.69 Å². The summed E-state index contributed by atoms with van der Waals surface area (Å²) in [6, 6.07) is 10.1. The Morgan fingerprint density at radius 2 is 2.13 bits per heavy atom. The van der Waals surface area contributed by atoms with Crippen LogP contribution in [0.2, 0.25) is 0 Å². The molecule has 0 spiro atoms. The van der Waals surface area contributed by atoms with Gasteiger partial charge in [-0.1, -0.05) is 12.1 Å². The molecule has 2 aromatic rings. The van der Waals surface area contributed by atoms with Crippen molar-refractivity contribution in [2.75, 3.05) is 12.0 Å². The molecule has 0 aliphatic heterocycles. The number of anilines is 1. The number of nitrogens with two attached hydrogens (primary N) is 1. The van der Waals surface area contributed by atoms with Crippen molar-refractivity contribution < 1.29 is 0 Å². The van der Waals surface area contributed by atoms with Gasteiger partial charge >= 0.3 is 0 Å². The van der Waals surface area contributed by atoms with Crippen molar-refractivity contribution in [3.63, 3.8) is 0 Å². The molecular weight excluding hydrogens is 206 g/mol. The second-order valence-electron chi connectivity index (χ2n) is 3.36. The maximum atomic E-state index is 5.69. The predicted octanol–water partition coefficient (Wildman–Crippen LogP) is 2.48. The van der Waals surface area contributed by atoms with E-state index in [0.717, 1.165) is 10.7 Å².